The zero-order valence-corrected chi connectivity index (χ0v) is 26.3. The van der Waals surface area contributed by atoms with E-state index < -0.39 is 0 Å². The van der Waals surface area contributed by atoms with Gasteiger partial charge in [0.05, 0.1) is 11.4 Å². The second-order valence-corrected chi connectivity index (χ2v) is 12.8. The third-order valence-corrected chi connectivity index (χ3v) is 9.69. The number of anilines is 3. The van der Waals surface area contributed by atoms with Crippen molar-refractivity contribution in [1.82, 2.24) is 4.98 Å². The van der Waals surface area contributed by atoms with Gasteiger partial charge >= 0.3 is 0 Å². The van der Waals surface area contributed by atoms with Crippen molar-refractivity contribution in [1.29, 1.82) is 0 Å². The summed E-state index contributed by atoms with van der Waals surface area (Å²) in [6.07, 6.45) is 0. The van der Waals surface area contributed by atoms with E-state index in [0.29, 0.717) is 5.89 Å². The average Bonchev–Trinajstić information content (AvgIpc) is 3.66. The Bertz CT molecular complexity index is 2440. The number of rotatable bonds is 5. The summed E-state index contributed by atoms with van der Waals surface area (Å²) in [5, 5.41) is 2.13. The highest BCUT2D eigenvalue weighted by molar-refractivity contribution is 6.12. The van der Waals surface area contributed by atoms with E-state index in [-0.39, 0.29) is 5.41 Å². The van der Waals surface area contributed by atoms with Crippen LogP contribution >= 0.6 is 0 Å². The zero-order valence-electron chi connectivity index (χ0n) is 26.3. The molecule has 0 saturated heterocycles. The number of nitrogens with zero attached hydrogens (tertiary/aromatic N) is 2. The molecule has 224 valence electrons. The lowest BCUT2D eigenvalue weighted by Crippen LogP contribution is -2.17. The predicted molar refractivity (Wildman–Crippen MR) is 195 cm³/mol. The molecule has 1 aliphatic rings. The van der Waals surface area contributed by atoms with Gasteiger partial charge in [0, 0.05) is 33.0 Å². The Morgan fingerprint density at radius 3 is 1.91 bits per heavy atom. The maximum absolute atomic E-state index is 6.50. The standard InChI is InChI=1S/C44H32N2O/c1-44(2)37-23-13-11-20-33(37)34-26-25-31(27-38(34)44)46(40-24-14-12-19-32(40)29-15-5-3-6-16-29)41-28-39-42(36-22-10-9-21-35(36)41)47-43(45-39)30-17-7-4-8-18-30/h3-28H,1-2H3. The average molecular weight is 605 g/mol. The van der Waals surface area contributed by atoms with Crippen LogP contribution in [0.4, 0.5) is 17.1 Å². The van der Waals surface area contributed by atoms with E-state index >= 15 is 0 Å². The molecule has 9 rings (SSSR count). The van der Waals surface area contributed by atoms with Gasteiger partial charge < -0.3 is 9.32 Å². The molecule has 1 aromatic heterocycles. The zero-order chi connectivity index (χ0) is 31.5. The van der Waals surface area contributed by atoms with Gasteiger partial charge in [-0.05, 0) is 64.2 Å². The fourth-order valence-electron chi connectivity index (χ4n) is 7.39. The van der Waals surface area contributed by atoms with Crippen molar-refractivity contribution in [2.24, 2.45) is 0 Å². The number of para-hydroxylation sites is 1. The highest BCUT2D eigenvalue weighted by Crippen LogP contribution is 2.52. The molecule has 0 aliphatic heterocycles. The van der Waals surface area contributed by atoms with E-state index in [1.165, 1.54) is 27.8 Å². The van der Waals surface area contributed by atoms with E-state index in [9.17, 15) is 0 Å². The molecule has 0 fully saturated rings. The normalized spacial score (nSPS) is 13.1. The summed E-state index contributed by atoms with van der Waals surface area (Å²) in [6, 6.07) is 56.0. The van der Waals surface area contributed by atoms with Crippen molar-refractivity contribution in [2.45, 2.75) is 19.3 Å². The molecule has 7 aromatic carbocycles. The number of oxazole rings is 1. The predicted octanol–water partition coefficient (Wildman–Crippen LogP) is 12.1. The van der Waals surface area contributed by atoms with Crippen LogP contribution in [0.25, 0.3) is 55.6 Å². The van der Waals surface area contributed by atoms with Crippen molar-refractivity contribution < 1.29 is 4.42 Å². The SMILES string of the molecule is CC1(C)c2ccccc2-c2ccc(N(c3ccccc3-c3ccccc3)c3cc4nc(-c5ccccc5)oc4c4ccccc34)cc21. The Balaban J connectivity index is 1.34. The Labute approximate surface area is 274 Å². The number of hydrogen-bond donors (Lipinski definition) is 0. The number of benzene rings is 7. The number of hydrogen-bond acceptors (Lipinski definition) is 3. The molecular formula is C44H32N2O. The minimum Gasteiger partial charge on any atom is -0.435 e. The molecule has 8 aromatic rings. The summed E-state index contributed by atoms with van der Waals surface area (Å²) >= 11 is 0. The molecule has 3 heteroatoms. The van der Waals surface area contributed by atoms with Crippen LogP contribution in [0.2, 0.25) is 0 Å². The van der Waals surface area contributed by atoms with E-state index in [2.05, 4.69) is 146 Å². The van der Waals surface area contributed by atoms with Crippen molar-refractivity contribution in [3.63, 3.8) is 0 Å². The lowest BCUT2D eigenvalue weighted by molar-refractivity contribution is 0.623. The van der Waals surface area contributed by atoms with Gasteiger partial charge in [0.25, 0.3) is 0 Å². The molecule has 1 aliphatic carbocycles. The van der Waals surface area contributed by atoms with Gasteiger partial charge in [0.15, 0.2) is 5.58 Å². The molecule has 0 N–H and O–H groups in total. The fourth-order valence-corrected chi connectivity index (χ4v) is 7.39. The summed E-state index contributed by atoms with van der Waals surface area (Å²) in [5.74, 6) is 0.621. The van der Waals surface area contributed by atoms with E-state index in [1.54, 1.807) is 0 Å². The van der Waals surface area contributed by atoms with Crippen molar-refractivity contribution >= 4 is 38.9 Å². The van der Waals surface area contributed by atoms with Crippen molar-refractivity contribution in [2.75, 3.05) is 4.90 Å². The second-order valence-electron chi connectivity index (χ2n) is 12.8. The molecule has 3 nitrogen and oxygen atoms in total. The van der Waals surface area contributed by atoms with E-state index in [1.807, 2.05) is 30.3 Å². The maximum atomic E-state index is 6.50. The molecule has 0 bridgehead atoms. The fraction of sp³-hybridized carbons (Fsp3) is 0.0682. The van der Waals surface area contributed by atoms with Gasteiger partial charge in [-0.2, -0.15) is 0 Å². The molecule has 0 radical (unpaired) electrons. The summed E-state index contributed by atoms with van der Waals surface area (Å²) in [7, 11) is 0. The third kappa shape index (κ3) is 4.31. The second kappa shape index (κ2) is 10.6. The van der Waals surface area contributed by atoms with Gasteiger partial charge in [0.2, 0.25) is 5.89 Å². The van der Waals surface area contributed by atoms with E-state index in [0.717, 1.165) is 50.1 Å². The van der Waals surface area contributed by atoms with Gasteiger partial charge in [-0.3, -0.25) is 0 Å². The lowest BCUT2D eigenvalue weighted by atomic mass is 9.82. The van der Waals surface area contributed by atoms with Crippen LogP contribution in [0.1, 0.15) is 25.0 Å². The van der Waals surface area contributed by atoms with Gasteiger partial charge in [-0.1, -0.05) is 135 Å². The summed E-state index contributed by atoms with van der Waals surface area (Å²) in [5.41, 5.74) is 13.3. The van der Waals surface area contributed by atoms with Crippen LogP contribution in [-0.2, 0) is 5.41 Å². The highest BCUT2D eigenvalue weighted by atomic mass is 16.3. The maximum Gasteiger partial charge on any atom is 0.227 e. The first kappa shape index (κ1) is 27.4. The minimum atomic E-state index is -0.130. The molecule has 0 atom stereocenters. The summed E-state index contributed by atoms with van der Waals surface area (Å²) in [6.45, 7) is 4.68. The van der Waals surface area contributed by atoms with Crippen LogP contribution in [0.5, 0.6) is 0 Å². The molecular weight excluding hydrogens is 572 g/mol. The van der Waals surface area contributed by atoms with Crippen LogP contribution < -0.4 is 4.90 Å². The lowest BCUT2D eigenvalue weighted by Gasteiger charge is -2.30. The van der Waals surface area contributed by atoms with Crippen LogP contribution in [0, 0.1) is 0 Å². The molecule has 47 heavy (non-hydrogen) atoms. The number of fused-ring (bicyclic) bond motifs is 6. The molecule has 0 amide bonds. The quantitative estimate of drug-likeness (QED) is 0.196. The topological polar surface area (TPSA) is 29.3 Å². The summed E-state index contributed by atoms with van der Waals surface area (Å²) in [4.78, 5) is 7.48. The van der Waals surface area contributed by atoms with Crippen LogP contribution in [-0.4, -0.2) is 4.98 Å². The Morgan fingerprint density at radius 2 is 1.13 bits per heavy atom. The van der Waals surface area contributed by atoms with Gasteiger partial charge in [-0.25, -0.2) is 4.98 Å². The van der Waals surface area contributed by atoms with E-state index in [4.69, 9.17) is 9.40 Å². The van der Waals surface area contributed by atoms with Crippen LogP contribution in [0.3, 0.4) is 0 Å². The molecule has 0 spiro atoms. The van der Waals surface area contributed by atoms with Crippen molar-refractivity contribution in [3.05, 3.63) is 169 Å². The van der Waals surface area contributed by atoms with Crippen LogP contribution in [0.15, 0.2) is 162 Å². The smallest absolute Gasteiger partial charge is 0.227 e. The van der Waals surface area contributed by atoms with Gasteiger partial charge in [-0.15, -0.1) is 0 Å². The first-order valence-electron chi connectivity index (χ1n) is 16.1. The first-order valence-corrected chi connectivity index (χ1v) is 16.1. The molecule has 0 saturated carbocycles. The Morgan fingerprint density at radius 1 is 0.511 bits per heavy atom. The minimum absolute atomic E-state index is 0.130. The number of aromatic nitrogens is 1. The summed E-state index contributed by atoms with van der Waals surface area (Å²) < 4.78 is 6.50. The highest BCUT2D eigenvalue weighted by Gasteiger charge is 2.36. The Kier molecular flexibility index (Phi) is 6.16. The first-order chi connectivity index (χ1) is 23.1. The van der Waals surface area contributed by atoms with Crippen molar-refractivity contribution in [3.8, 4) is 33.7 Å². The third-order valence-electron chi connectivity index (χ3n) is 9.69. The molecule has 1 heterocycles. The monoisotopic (exact) mass is 604 g/mol. The molecule has 0 unspecified atom stereocenters. The largest absolute Gasteiger partial charge is 0.435 e. The van der Waals surface area contributed by atoms with Gasteiger partial charge in [0.1, 0.15) is 5.52 Å². The Hall–Kier alpha value is -5.93.